The van der Waals surface area contributed by atoms with Crippen LogP contribution in [0.3, 0.4) is 0 Å². The van der Waals surface area contributed by atoms with Crippen molar-refractivity contribution in [3.63, 3.8) is 0 Å². The van der Waals surface area contributed by atoms with E-state index in [1.54, 1.807) is 19.2 Å². The van der Waals surface area contributed by atoms with Crippen molar-refractivity contribution in [3.05, 3.63) is 53.1 Å². The maximum atomic E-state index is 12.9. The Hall–Kier alpha value is -3.06. The number of carbonyl (C=O) groups is 1. The molecule has 0 spiro atoms. The summed E-state index contributed by atoms with van der Waals surface area (Å²) in [5.74, 6) is 1.38. The Morgan fingerprint density at radius 1 is 1.00 bits per heavy atom. The number of ether oxygens (including phenoxy) is 2. The highest BCUT2D eigenvalue weighted by atomic mass is 16.5. The van der Waals surface area contributed by atoms with Gasteiger partial charge in [-0.3, -0.25) is 4.79 Å². The summed E-state index contributed by atoms with van der Waals surface area (Å²) in [6.07, 6.45) is 1.95. The van der Waals surface area contributed by atoms with Crippen molar-refractivity contribution < 1.29 is 14.3 Å². The molecule has 2 heterocycles. The molecule has 0 saturated carbocycles. The molecule has 1 saturated heterocycles. The number of hydrogen-bond acceptors (Lipinski definition) is 6. The van der Waals surface area contributed by atoms with Gasteiger partial charge in [0.1, 0.15) is 0 Å². The van der Waals surface area contributed by atoms with Crippen LogP contribution in [0.25, 0.3) is 0 Å². The predicted molar refractivity (Wildman–Crippen MR) is 136 cm³/mol. The molecule has 1 atom stereocenters. The summed E-state index contributed by atoms with van der Waals surface area (Å²) in [6.45, 7) is 8.17. The van der Waals surface area contributed by atoms with E-state index in [1.165, 1.54) is 5.69 Å². The second-order valence-corrected chi connectivity index (χ2v) is 9.01. The van der Waals surface area contributed by atoms with Crippen LogP contribution in [0.2, 0.25) is 0 Å². The van der Waals surface area contributed by atoms with E-state index in [9.17, 15) is 4.79 Å². The van der Waals surface area contributed by atoms with Crippen molar-refractivity contribution in [1.29, 1.82) is 0 Å². The highest BCUT2D eigenvalue weighted by Gasteiger charge is 2.29. The number of nitrogens with zero attached hydrogens (tertiary/aromatic N) is 4. The number of likely N-dealkylation sites (N-methyl/N-ethyl adjacent to an activating group) is 1. The number of fused-ring (bicyclic) bond motifs is 1. The van der Waals surface area contributed by atoms with E-state index in [1.807, 2.05) is 19.1 Å². The van der Waals surface area contributed by atoms with Gasteiger partial charge in [-0.15, -0.1) is 0 Å². The number of rotatable bonds is 6. The van der Waals surface area contributed by atoms with E-state index >= 15 is 0 Å². The van der Waals surface area contributed by atoms with Crippen molar-refractivity contribution >= 4 is 17.3 Å². The summed E-state index contributed by atoms with van der Waals surface area (Å²) >= 11 is 0. The maximum Gasteiger partial charge on any atom is 0.242 e. The lowest BCUT2D eigenvalue weighted by atomic mass is 9.93. The van der Waals surface area contributed by atoms with E-state index in [2.05, 4.69) is 48.0 Å². The van der Waals surface area contributed by atoms with Crippen LogP contribution in [0, 0.1) is 0 Å². The lowest BCUT2D eigenvalue weighted by Gasteiger charge is -2.34. The first kappa shape index (κ1) is 24.1. The largest absolute Gasteiger partial charge is 0.493 e. The minimum atomic E-state index is -0.00795. The summed E-state index contributed by atoms with van der Waals surface area (Å²) in [7, 11) is 5.46. The number of anilines is 1. The molecule has 2 aromatic rings. The number of methoxy groups -OCH3 is 2. The molecule has 7 heteroatoms. The highest BCUT2D eigenvalue weighted by molar-refractivity contribution is 6.14. The zero-order valence-corrected chi connectivity index (χ0v) is 21.0. The molecular weight excluding hydrogens is 428 g/mol. The lowest BCUT2D eigenvalue weighted by molar-refractivity contribution is -0.133. The van der Waals surface area contributed by atoms with Gasteiger partial charge in [0.05, 0.1) is 26.0 Å². The smallest absolute Gasteiger partial charge is 0.242 e. The standard InChI is InChI=1S/C27H36N4O3/c1-6-21-16-20-17-24(33-4)25(34-5)18-23(20)27(28-31(21)26(32)7-2)19-8-10-22(11-9-19)30-14-12-29(3)13-15-30/h8-11,17-18,21H,6-7,12-16H2,1-5H3. The van der Waals surface area contributed by atoms with Crippen molar-refractivity contribution in [2.45, 2.75) is 39.2 Å². The molecule has 4 rings (SSSR count). The van der Waals surface area contributed by atoms with Gasteiger partial charge in [0.25, 0.3) is 0 Å². The number of hydrogen-bond donors (Lipinski definition) is 0. The second-order valence-electron chi connectivity index (χ2n) is 9.01. The zero-order chi connectivity index (χ0) is 24.2. The second kappa shape index (κ2) is 10.5. The Bertz CT molecular complexity index is 1040. The van der Waals surface area contributed by atoms with Gasteiger partial charge in [-0.2, -0.15) is 5.10 Å². The van der Waals surface area contributed by atoms with Crippen molar-refractivity contribution in [3.8, 4) is 11.5 Å². The molecule has 0 aromatic heterocycles. The van der Waals surface area contributed by atoms with Crippen LogP contribution < -0.4 is 14.4 Å². The fourth-order valence-electron chi connectivity index (χ4n) is 4.74. The molecule has 182 valence electrons. The van der Waals surface area contributed by atoms with Crippen LogP contribution in [0.5, 0.6) is 11.5 Å². The third-order valence-corrected chi connectivity index (χ3v) is 6.91. The topological polar surface area (TPSA) is 57.6 Å². The first-order valence-electron chi connectivity index (χ1n) is 12.2. The molecule has 0 bridgehead atoms. The molecule has 1 unspecified atom stereocenters. The molecule has 0 aliphatic carbocycles. The van der Waals surface area contributed by atoms with Gasteiger partial charge in [0.15, 0.2) is 11.5 Å². The first-order chi connectivity index (χ1) is 16.5. The van der Waals surface area contributed by atoms with Crippen molar-refractivity contribution in [1.82, 2.24) is 9.91 Å². The van der Waals surface area contributed by atoms with E-state index in [0.29, 0.717) is 24.3 Å². The van der Waals surface area contributed by atoms with Gasteiger partial charge in [-0.1, -0.05) is 26.0 Å². The molecule has 2 aliphatic heterocycles. The average molecular weight is 465 g/mol. The first-order valence-corrected chi connectivity index (χ1v) is 12.2. The van der Waals surface area contributed by atoms with Gasteiger partial charge in [0.2, 0.25) is 5.91 Å². The molecule has 0 N–H and O–H groups in total. The monoisotopic (exact) mass is 464 g/mol. The molecular formula is C27H36N4O3. The number of amides is 1. The molecule has 1 amide bonds. The van der Waals surface area contributed by atoms with Crippen LogP contribution >= 0.6 is 0 Å². The highest BCUT2D eigenvalue weighted by Crippen LogP contribution is 2.35. The number of piperazine rings is 1. The SMILES string of the molecule is CCC(=O)N1N=C(c2ccc(N3CCN(C)CC3)cc2)c2cc(OC)c(OC)cc2CC1CC. The maximum absolute atomic E-state index is 12.9. The zero-order valence-electron chi connectivity index (χ0n) is 21.0. The summed E-state index contributed by atoms with van der Waals surface area (Å²) in [4.78, 5) is 17.7. The Morgan fingerprint density at radius 2 is 1.65 bits per heavy atom. The van der Waals surface area contributed by atoms with Crippen LogP contribution in [-0.2, 0) is 11.2 Å². The number of carbonyl (C=O) groups excluding carboxylic acids is 1. The summed E-state index contributed by atoms with van der Waals surface area (Å²) in [6, 6.07) is 12.6. The van der Waals surface area contributed by atoms with Crippen LogP contribution in [0.15, 0.2) is 41.5 Å². The third-order valence-electron chi connectivity index (χ3n) is 6.91. The Labute approximate surface area is 202 Å². The third kappa shape index (κ3) is 4.75. The molecule has 2 aromatic carbocycles. The molecule has 2 aliphatic rings. The molecule has 34 heavy (non-hydrogen) atoms. The van der Waals surface area contributed by atoms with Crippen molar-refractivity contribution in [2.75, 3.05) is 52.3 Å². The minimum Gasteiger partial charge on any atom is -0.493 e. The lowest BCUT2D eigenvalue weighted by Crippen LogP contribution is -2.44. The van der Waals surface area contributed by atoms with Gasteiger partial charge in [-0.05, 0) is 49.7 Å². The summed E-state index contributed by atoms with van der Waals surface area (Å²) in [5.41, 5.74) is 5.08. The summed E-state index contributed by atoms with van der Waals surface area (Å²) in [5, 5.41) is 6.67. The quantitative estimate of drug-likeness (QED) is 0.651. The Kier molecular flexibility index (Phi) is 7.41. The summed E-state index contributed by atoms with van der Waals surface area (Å²) < 4.78 is 11.2. The number of benzene rings is 2. The van der Waals surface area contributed by atoms with Gasteiger partial charge in [-0.25, -0.2) is 5.01 Å². The molecule has 1 fully saturated rings. The fourth-order valence-corrected chi connectivity index (χ4v) is 4.74. The van der Waals surface area contributed by atoms with Gasteiger partial charge in [0, 0.05) is 49.4 Å². The van der Waals surface area contributed by atoms with E-state index in [0.717, 1.165) is 55.0 Å². The van der Waals surface area contributed by atoms with Crippen LogP contribution in [0.4, 0.5) is 5.69 Å². The predicted octanol–water partition coefficient (Wildman–Crippen LogP) is 3.78. The Morgan fingerprint density at radius 3 is 2.24 bits per heavy atom. The number of hydrazone groups is 1. The van der Waals surface area contributed by atoms with Crippen LogP contribution in [-0.4, -0.2) is 75.0 Å². The van der Waals surface area contributed by atoms with E-state index in [-0.39, 0.29) is 11.9 Å². The molecule has 0 radical (unpaired) electrons. The van der Waals surface area contributed by atoms with E-state index < -0.39 is 0 Å². The van der Waals surface area contributed by atoms with Gasteiger partial charge < -0.3 is 19.3 Å². The van der Waals surface area contributed by atoms with Crippen molar-refractivity contribution in [2.24, 2.45) is 5.10 Å². The molecule has 7 nitrogen and oxygen atoms in total. The fraction of sp³-hybridized carbons (Fsp3) is 0.481. The van der Waals surface area contributed by atoms with E-state index in [4.69, 9.17) is 14.6 Å². The van der Waals surface area contributed by atoms with Crippen LogP contribution in [0.1, 0.15) is 43.4 Å². The van der Waals surface area contributed by atoms with Gasteiger partial charge >= 0.3 is 0 Å². The Balaban J connectivity index is 1.79. The normalized spacial score (nSPS) is 18.7. The minimum absolute atomic E-state index is 0.00795. The average Bonchev–Trinajstić information content (AvgIpc) is 3.04.